The molecule has 0 aliphatic heterocycles. The number of carbonyl (C=O) groups is 1. The molecule has 2 N–H and O–H groups in total. The number of rotatable bonds is 5. The summed E-state index contributed by atoms with van der Waals surface area (Å²) in [6.07, 6.45) is 0. The van der Waals surface area contributed by atoms with Crippen LogP contribution in [0.2, 0.25) is 0 Å². The number of carboxylic acids is 1. The fourth-order valence-corrected chi connectivity index (χ4v) is 2.13. The fourth-order valence-electron chi connectivity index (χ4n) is 2.13. The number of aromatic carboxylic acids is 1. The topological polar surface area (TPSA) is 85.2 Å². The van der Waals surface area contributed by atoms with Crippen LogP contribution in [0.1, 0.15) is 10.4 Å². The van der Waals surface area contributed by atoms with Gasteiger partial charge in [-0.1, -0.05) is 6.07 Å². The average Bonchev–Trinajstić information content (AvgIpc) is 2.53. The van der Waals surface area contributed by atoms with Gasteiger partial charge in [0.05, 0.1) is 21.3 Å². The number of hydrogen-bond acceptors (Lipinski definition) is 5. The van der Waals surface area contributed by atoms with E-state index in [-0.39, 0.29) is 11.3 Å². The van der Waals surface area contributed by atoms with Gasteiger partial charge in [0.25, 0.3) is 0 Å². The number of benzene rings is 2. The first kappa shape index (κ1) is 15.5. The number of phenols is 1. The highest BCUT2D eigenvalue weighted by atomic mass is 16.5. The summed E-state index contributed by atoms with van der Waals surface area (Å²) in [7, 11) is 4.50. The molecule has 2 rings (SSSR count). The molecule has 22 heavy (non-hydrogen) atoms. The standard InChI is InChI=1S/C16H16O6/c1-20-13-7-10(8-14(21-2)15(13)22-3)9-4-5-12(17)11(6-9)16(18)19/h4-8,17H,1-3H3,(H,18,19). The molecule has 0 heterocycles. The summed E-state index contributed by atoms with van der Waals surface area (Å²) in [5.74, 6) is -0.120. The van der Waals surface area contributed by atoms with Crippen LogP contribution in [0.5, 0.6) is 23.0 Å². The normalized spacial score (nSPS) is 10.1. The predicted octanol–water partition coefficient (Wildman–Crippen LogP) is 2.78. The first-order valence-electron chi connectivity index (χ1n) is 6.38. The molecule has 6 nitrogen and oxygen atoms in total. The van der Waals surface area contributed by atoms with Crippen molar-refractivity contribution in [1.82, 2.24) is 0 Å². The van der Waals surface area contributed by atoms with Crippen LogP contribution < -0.4 is 14.2 Å². The van der Waals surface area contributed by atoms with Crippen LogP contribution in [0.3, 0.4) is 0 Å². The van der Waals surface area contributed by atoms with Crippen molar-refractivity contribution < 1.29 is 29.2 Å². The smallest absolute Gasteiger partial charge is 0.339 e. The zero-order valence-electron chi connectivity index (χ0n) is 12.4. The lowest BCUT2D eigenvalue weighted by Gasteiger charge is -2.14. The summed E-state index contributed by atoms with van der Waals surface area (Å²) in [6.45, 7) is 0. The number of carboxylic acid groups (broad SMARTS) is 1. The molecule has 0 aliphatic carbocycles. The predicted molar refractivity (Wildman–Crippen MR) is 80.2 cm³/mol. The molecule has 116 valence electrons. The molecule has 0 saturated heterocycles. The summed E-state index contributed by atoms with van der Waals surface area (Å²) in [5, 5.41) is 18.7. The molecule has 0 amide bonds. The SMILES string of the molecule is COc1cc(-c2ccc(O)c(C(=O)O)c2)cc(OC)c1OC. The summed E-state index contributed by atoms with van der Waals surface area (Å²) < 4.78 is 15.8. The molecule has 0 aliphatic rings. The van der Waals surface area contributed by atoms with Gasteiger partial charge < -0.3 is 24.4 Å². The molecule has 0 atom stereocenters. The third-order valence-corrected chi connectivity index (χ3v) is 3.23. The van der Waals surface area contributed by atoms with Crippen LogP contribution in [0.15, 0.2) is 30.3 Å². The maximum atomic E-state index is 11.1. The molecule has 0 aromatic heterocycles. The van der Waals surface area contributed by atoms with Crippen LogP contribution in [-0.4, -0.2) is 37.5 Å². The van der Waals surface area contributed by atoms with Crippen molar-refractivity contribution in [2.24, 2.45) is 0 Å². The highest BCUT2D eigenvalue weighted by molar-refractivity contribution is 5.92. The Morgan fingerprint density at radius 2 is 1.50 bits per heavy atom. The maximum absolute atomic E-state index is 11.1. The van der Waals surface area contributed by atoms with Gasteiger partial charge in [-0.3, -0.25) is 0 Å². The van der Waals surface area contributed by atoms with Gasteiger partial charge >= 0.3 is 5.97 Å². The van der Waals surface area contributed by atoms with Crippen molar-refractivity contribution in [2.45, 2.75) is 0 Å². The van der Waals surface area contributed by atoms with E-state index in [1.54, 1.807) is 18.2 Å². The lowest BCUT2D eigenvalue weighted by Crippen LogP contribution is -1.98. The monoisotopic (exact) mass is 304 g/mol. The van der Waals surface area contributed by atoms with E-state index >= 15 is 0 Å². The minimum atomic E-state index is -1.20. The Kier molecular flexibility index (Phi) is 4.41. The summed E-state index contributed by atoms with van der Waals surface area (Å²) in [6, 6.07) is 7.75. The Morgan fingerprint density at radius 3 is 1.95 bits per heavy atom. The van der Waals surface area contributed by atoms with Crippen LogP contribution in [0.4, 0.5) is 0 Å². The van der Waals surface area contributed by atoms with Gasteiger partial charge in [-0.25, -0.2) is 4.79 Å². The van der Waals surface area contributed by atoms with E-state index in [1.807, 2.05) is 0 Å². The second-order valence-corrected chi connectivity index (χ2v) is 4.45. The number of hydrogen-bond donors (Lipinski definition) is 2. The van der Waals surface area contributed by atoms with Crippen molar-refractivity contribution in [3.8, 4) is 34.1 Å². The van der Waals surface area contributed by atoms with E-state index in [4.69, 9.17) is 19.3 Å². The van der Waals surface area contributed by atoms with E-state index < -0.39 is 5.97 Å². The first-order chi connectivity index (χ1) is 10.5. The average molecular weight is 304 g/mol. The molecule has 0 radical (unpaired) electrons. The van der Waals surface area contributed by atoms with Crippen LogP contribution in [0, 0.1) is 0 Å². The number of ether oxygens (including phenoxy) is 3. The van der Waals surface area contributed by atoms with Crippen LogP contribution >= 0.6 is 0 Å². The van der Waals surface area contributed by atoms with E-state index in [0.717, 1.165) is 0 Å². The zero-order valence-corrected chi connectivity index (χ0v) is 12.4. The Hall–Kier alpha value is -2.89. The molecule has 0 fully saturated rings. The van der Waals surface area contributed by atoms with Gasteiger partial charge in [-0.2, -0.15) is 0 Å². The van der Waals surface area contributed by atoms with Gasteiger partial charge in [0.2, 0.25) is 5.75 Å². The molecule has 6 heteroatoms. The Labute approximate surface area is 127 Å². The Balaban J connectivity index is 2.62. The second-order valence-electron chi connectivity index (χ2n) is 4.45. The van der Waals surface area contributed by atoms with Crippen molar-refractivity contribution in [3.63, 3.8) is 0 Å². The molecule has 2 aromatic carbocycles. The minimum Gasteiger partial charge on any atom is -0.507 e. The molecule has 0 unspecified atom stereocenters. The van der Waals surface area contributed by atoms with Crippen LogP contribution in [-0.2, 0) is 0 Å². The summed E-state index contributed by atoms with van der Waals surface area (Å²) in [4.78, 5) is 11.1. The largest absolute Gasteiger partial charge is 0.507 e. The van der Waals surface area contributed by atoms with E-state index in [9.17, 15) is 9.90 Å². The van der Waals surface area contributed by atoms with E-state index in [2.05, 4.69) is 0 Å². The number of methoxy groups -OCH3 is 3. The van der Waals surface area contributed by atoms with Crippen molar-refractivity contribution in [2.75, 3.05) is 21.3 Å². The van der Waals surface area contributed by atoms with Crippen LogP contribution in [0.25, 0.3) is 11.1 Å². The third-order valence-electron chi connectivity index (χ3n) is 3.23. The Morgan fingerprint density at radius 1 is 0.909 bits per heavy atom. The van der Waals surface area contributed by atoms with Gasteiger partial charge in [-0.15, -0.1) is 0 Å². The van der Waals surface area contributed by atoms with Gasteiger partial charge in [0, 0.05) is 0 Å². The third kappa shape index (κ3) is 2.76. The maximum Gasteiger partial charge on any atom is 0.339 e. The van der Waals surface area contributed by atoms with Gasteiger partial charge in [0.15, 0.2) is 11.5 Å². The quantitative estimate of drug-likeness (QED) is 0.883. The molecule has 0 spiro atoms. The van der Waals surface area contributed by atoms with Crippen molar-refractivity contribution >= 4 is 5.97 Å². The molecule has 0 bridgehead atoms. The Bertz CT molecular complexity index is 683. The van der Waals surface area contributed by atoms with E-state index in [0.29, 0.717) is 28.4 Å². The van der Waals surface area contributed by atoms with Crippen molar-refractivity contribution in [3.05, 3.63) is 35.9 Å². The zero-order chi connectivity index (χ0) is 16.3. The highest BCUT2D eigenvalue weighted by Gasteiger charge is 2.16. The first-order valence-corrected chi connectivity index (χ1v) is 6.38. The minimum absolute atomic E-state index is 0.175. The van der Waals surface area contributed by atoms with Gasteiger partial charge in [-0.05, 0) is 35.4 Å². The van der Waals surface area contributed by atoms with Crippen molar-refractivity contribution in [1.29, 1.82) is 0 Å². The lowest BCUT2D eigenvalue weighted by atomic mass is 10.0. The van der Waals surface area contributed by atoms with E-state index in [1.165, 1.54) is 33.5 Å². The second kappa shape index (κ2) is 6.26. The fraction of sp³-hybridized carbons (Fsp3) is 0.188. The summed E-state index contributed by atoms with van der Waals surface area (Å²) >= 11 is 0. The summed E-state index contributed by atoms with van der Waals surface area (Å²) in [5.41, 5.74) is 1.11. The highest BCUT2D eigenvalue weighted by Crippen LogP contribution is 2.41. The molecule has 2 aromatic rings. The lowest BCUT2D eigenvalue weighted by molar-refractivity contribution is 0.0694. The molecular weight excluding hydrogens is 288 g/mol. The molecule has 0 saturated carbocycles. The number of aromatic hydroxyl groups is 1. The van der Waals surface area contributed by atoms with Gasteiger partial charge in [0.1, 0.15) is 11.3 Å². The molecular formula is C16H16O6.